The van der Waals surface area contributed by atoms with Crippen LogP contribution in [0, 0.1) is 0 Å². The Labute approximate surface area is 159 Å². The third-order valence-corrected chi connectivity index (χ3v) is 4.21. The lowest BCUT2D eigenvalue weighted by Gasteiger charge is -2.11. The first-order valence-electron chi connectivity index (χ1n) is 8.40. The molecule has 0 saturated carbocycles. The number of alkyl halides is 2. The fraction of sp³-hybridized carbons (Fsp3) is 0.0952. The predicted octanol–water partition coefficient (Wildman–Crippen LogP) is 4.94. The van der Waals surface area contributed by atoms with Gasteiger partial charge in [0.1, 0.15) is 5.75 Å². The topological polar surface area (TPSA) is 56.8 Å². The lowest BCUT2D eigenvalue weighted by molar-refractivity contribution is -0.286. The van der Waals surface area contributed by atoms with Crippen LogP contribution in [0.4, 0.5) is 14.5 Å². The molecule has 0 aliphatic carbocycles. The second kappa shape index (κ2) is 6.84. The molecule has 3 aromatic rings. The second-order valence-electron chi connectivity index (χ2n) is 6.06. The molecule has 0 fully saturated rings. The van der Waals surface area contributed by atoms with Crippen molar-refractivity contribution in [3.05, 3.63) is 72.3 Å². The summed E-state index contributed by atoms with van der Waals surface area (Å²) in [6, 6.07) is 18.5. The van der Waals surface area contributed by atoms with Crippen LogP contribution in [0.5, 0.6) is 17.2 Å². The van der Waals surface area contributed by atoms with E-state index < -0.39 is 6.29 Å². The van der Waals surface area contributed by atoms with Gasteiger partial charge in [-0.25, -0.2) is 0 Å². The molecule has 28 heavy (non-hydrogen) atoms. The zero-order valence-corrected chi connectivity index (χ0v) is 14.7. The lowest BCUT2D eigenvalue weighted by atomic mass is 9.99. The van der Waals surface area contributed by atoms with Crippen LogP contribution < -0.4 is 19.5 Å². The second-order valence-corrected chi connectivity index (χ2v) is 6.06. The van der Waals surface area contributed by atoms with Crippen molar-refractivity contribution < 1.29 is 27.8 Å². The van der Waals surface area contributed by atoms with Crippen molar-refractivity contribution in [2.75, 3.05) is 12.4 Å². The normalized spacial score (nSPS) is 13.8. The van der Waals surface area contributed by atoms with Crippen LogP contribution in [0.2, 0.25) is 0 Å². The van der Waals surface area contributed by atoms with E-state index in [0.29, 0.717) is 22.6 Å². The van der Waals surface area contributed by atoms with Gasteiger partial charge in [0, 0.05) is 17.3 Å². The van der Waals surface area contributed by atoms with Crippen molar-refractivity contribution in [1.82, 2.24) is 0 Å². The van der Waals surface area contributed by atoms with Crippen molar-refractivity contribution >= 4 is 11.6 Å². The summed E-state index contributed by atoms with van der Waals surface area (Å²) in [5.41, 5.74) is 2.27. The van der Waals surface area contributed by atoms with E-state index in [1.807, 2.05) is 36.4 Å². The van der Waals surface area contributed by atoms with Gasteiger partial charge in [-0.3, -0.25) is 4.79 Å². The van der Waals surface area contributed by atoms with E-state index in [4.69, 9.17) is 4.74 Å². The van der Waals surface area contributed by atoms with Crippen molar-refractivity contribution in [2.45, 2.75) is 6.29 Å². The highest BCUT2D eigenvalue weighted by molar-refractivity contribution is 6.08. The van der Waals surface area contributed by atoms with Crippen molar-refractivity contribution in [3.8, 4) is 28.4 Å². The van der Waals surface area contributed by atoms with Gasteiger partial charge in [-0.05, 0) is 41.5 Å². The van der Waals surface area contributed by atoms with Gasteiger partial charge in [0.2, 0.25) is 0 Å². The van der Waals surface area contributed by atoms with E-state index >= 15 is 0 Å². The lowest BCUT2D eigenvalue weighted by Crippen LogP contribution is -2.25. The van der Waals surface area contributed by atoms with Gasteiger partial charge in [-0.15, -0.1) is 8.78 Å². The predicted molar refractivity (Wildman–Crippen MR) is 99.0 cm³/mol. The molecule has 0 aromatic heterocycles. The third kappa shape index (κ3) is 3.46. The number of rotatable bonds is 4. The van der Waals surface area contributed by atoms with Crippen LogP contribution >= 0.6 is 0 Å². The minimum atomic E-state index is -3.70. The quantitative estimate of drug-likeness (QED) is 0.694. The van der Waals surface area contributed by atoms with Gasteiger partial charge in [0.05, 0.1) is 7.11 Å². The molecule has 1 heterocycles. The first-order chi connectivity index (χ1) is 13.4. The molecule has 0 saturated heterocycles. The van der Waals surface area contributed by atoms with Crippen molar-refractivity contribution in [2.24, 2.45) is 0 Å². The van der Waals surface area contributed by atoms with E-state index in [9.17, 15) is 13.6 Å². The van der Waals surface area contributed by atoms with Crippen LogP contribution in [0.15, 0.2) is 66.7 Å². The highest BCUT2D eigenvalue weighted by Gasteiger charge is 2.43. The zero-order chi connectivity index (χ0) is 19.7. The maximum absolute atomic E-state index is 13.2. The van der Waals surface area contributed by atoms with E-state index in [1.165, 1.54) is 18.2 Å². The standard InChI is InChI=1S/C21H15F2NO4/c1-26-15-6-4-5-13(11-15)16-7-2-3-8-17(16)20(25)24-14-9-10-18-19(12-14)28-21(22,23)27-18/h2-12H,1H3,(H,24,25). The molecule has 4 rings (SSSR count). The van der Waals surface area contributed by atoms with Crippen LogP contribution in [0.1, 0.15) is 10.4 Å². The molecule has 0 bridgehead atoms. The number of carbonyl (C=O) groups is 1. The summed E-state index contributed by atoms with van der Waals surface area (Å²) in [6.07, 6.45) is -3.70. The minimum absolute atomic E-state index is 0.0835. The van der Waals surface area contributed by atoms with Crippen molar-refractivity contribution in [3.63, 3.8) is 0 Å². The molecule has 1 aliphatic heterocycles. The molecule has 1 amide bonds. The summed E-state index contributed by atoms with van der Waals surface area (Å²) in [5.74, 6) is 0.0668. The fourth-order valence-corrected chi connectivity index (χ4v) is 2.95. The molecule has 0 unspecified atom stereocenters. The number of hydrogen-bond acceptors (Lipinski definition) is 4. The number of halogens is 2. The molecular formula is C21H15F2NO4. The molecule has 0 spiro atoms. The maximum Gasteiger partial charge on any atom is 0.586 e. The highest BCUT2D eigenvalue weighted by atomic mass is 19.3. The average Bonchev–Trinajstić information content (AvgIpc) is 3.01. The third-order valence-electron chi connectivity index (χ3n) is 4.21. The Morgan fingerprint density at radius 3 is 2.57 bits per heavy atom. The van der Waals surface area contributed by atoms with Crippen LogP contribution in [0.25, 0.3) is 11.1 Å². The molecule has 7 heteroatoms. The molecule has 1 N–H and O–H groups in total. The van der Waals surface area contributed by atoms with Gasteiger partial charge in [-0.2, -0.15) is 0 Å². The van der Waals surface area contributed by atoms with Gasteiger partial charge in [0.15, 0.2) is 11.5 Å². The number of anilines is 1. The largest absolute Gasteiger partial charge is 0.586 e. The molecule has 0 atom stereocenters. The van der Waals surface area contributed by atoms with Gasteiger partial charge >= 0.3 is 6.29 Å². The summed E-state index contributed by atoms with van der Waals surface area (Å²) >= 11 is 0. The molecule has 5 nitrogen and oxygen atoms in total. The molecule has 0 radical (unpaired) electrons. The van der Waals surface area contributed by atoms with Crippen LogP contribution in [-0.4, -0.2) is 19.3 Å². The Hall–Kier alpha value is -3.61. The van der Waals surface area contributed by atoms with Gasteiger partial charge in [-0.1, -0.05) is 30.3 Å². The minimum Gasteiger partial charge on any atom is -0.497 e. The smallest absolute Gasteiger partial charge is 0.497 e. The van der Waals surface area contributed by atoms with E-state index in [-0.39, 0.29) is 17.4 Å². The Balaban J connectivity index is 1.62. The molecular weight excluding hydrogens is 368 g/mol. The summed E-state index contributed by atoms with van der Waals surface area (Å²) in [6.45, 7) is 0. The van der Waals surface area contributed by atoms with E-state index in [1.54, 1.807) is 19.2 Å². The Bertz CT molecular complexity index is 1050. The average molecular weight is 383 g/mol. The number of methoxy groups -OCH3 is 1. The number of amides is 1. The summed E-state index contributed by atoms with van der Waals surface area (Å²) in [4.78, 5) is 12.8. The Morgan fingerprint density at radius 2 is 1.75 bits per heavy atom. The Morgan fingerprint density at radius 1 is 0.964 bits per heavy atom. The number of ether oxygens (including phenoxy) is 3. The highest BCUT2D eigenvalue weighted by Crippen LogP contribution is 2.42. The number of benzene rings is 3. The number of nitrogens with one attached hydrogen (secondary N) is 1. The van der Waals surface area contributed by atoms with Crippen LogP contribution in [-0.2, 0) is 0 Å². The Kier molecular flexibility index (Phi) is 4.35. The monoisotopic (exact) mass is 383 g/mol. The van der Waals surface area contributed by atoms with E-state index in [0.717, 1.165) is 5.56 Å². The molecule has 142 valence electrons. The first kappa shape index (κ1) is 17.8. The van der Waals surface area contributed by atoms with Gasteiger partial charge < -0.3 is 19.5 Å². The van der Waals surface area contributed by atoms with Crippen LogP contribution in [0.3, 0.4) is 0 Å². The number of hydrogen-bond donors (Lipinski definition) is 1. The summed E-state index contributed by atoms with van der Waals surface area (Å²) in [7, 11) is 1.57. The SMILES string of the molecule is COc1cccc(-c2ccccc2C(=O)Nc2ccc3c(c2)OC(F)(F)O3)c1. The first-order valence-corrected chi connectivity index (χ1v) is 8.40. The fourth-order valence-electron chi connectivity index (χ4n) is 2.95. The summed E-state index contributed by atoms with van der Waals surface area (Å²) in [5, 5.41) is 2.70. The zero-order valence-electron chi connectivity index (χ0n) is 14.7. The van der Waals surface area contributed by atoms with Gasteiger partial charge in [0.25, 0.3) is 5.91 Å². The van der Waals surface area contributed by atoms with E-state index in [2.05, 4.69) is 14.8 Å². The molecule has 1 aliphatic rings. The maximum atomic E-state index is 13.2. The van der Waals surface area contributed by atoms with Crippen molar-refractivity contribution in [1.29, 1.82) is 0 Å². The summed E-state index contributed by atoms with van der Waals surface area (Å²) < 4.78 is 40.3. The molecule has 3 aromatic carbocycles. The number of fused-ring (bicyclic) bond motifs is 1. The number of carbonyl (C=O) groups excluding carboxylic acids is 1.